The number of anilines is 1. The molecule has 0 spiro atoms. The lowest BCUT2D eigenvalue weighted by atomic mass is 10.1. The van der Waals surface area contributed by atoms with Crippen LogP contribution in [0.4, 0.5) is 5.82 Å². The molecule has 0 atom stereocenters. The molecule has 33 heavy (non-hydrogen) atoms. The molecular weight excluding hydrogens is 488 g/mol. The maximum atomic E-state index is 13.3. The third-order valence-corrected chi connectivity index (χ3v) is 8.11. The van der Waals surface area contributed by atoms with Crippen molar-refractivity contribution in [3.8, 4) is 5.75 Å². The zero-order valence-corrected chi connectivity index (χ0v) is 19.7. The molecule has 2 heterocycles. The van der Waals surface area contributed by atoms with Gasteiger partial charge in [0.25, 0.3) is 0 Å². The van der Waals surface area contributed by atoms with Gasteiger partial charge >= 0.3 is 16.5 Å². The molecule has 2 aromatic carbocycles. The predicted octanol–water partition coefficient (Wildman–Crippen LogP) is 3.55. The van der Waals surface area contributed by atoms with E-state index in [0.717, 1.165) is 22.5 Å². The summed E-state index contributed by atoms with van der Waals surface area (Å²) in [7, 11) is -2.85. The van der Waals surface area contributed by atoms with E-state index in [9.17, 15) is 13.2 Å². The Bertz CT molecular complexity index is 1400. The molecular formula is C21H19ClN4O5S2. The van der Waals surface area contributed by atoms with Crippen LogP contribution in [0.1, 0.15) is 11.1 Å². The van der Waals surface area contributed by atoms with Crippen LogP contribution in [-0.4, -0.2) is 31.8 Å². The third kappa shape index (κ3) is 4.40. The number of methoxy groups -OCH3 is 1. The van der Waals surface area contributed by atoms with Crippen molar-refractivity contribution >= 4 is 56.2 Å². The number of benzene rings is 2. The molecule has 0 saturated carbocycles. The van der Waals surface area contributed by atoms with Gasteiger partial charge in [0.05, 0.1) is 28.9 Å². The SMILES string of the molecule is COc1cccc2c1c(N(OC=O)S(=O)(=O)c1ccc(Cl)s1)nn2Cc1ccc(CN)cc1. The van der Waals surface area contributed by atoms with Gasteiger partial charge in [0, 0.05) is 6.54 Å². The fourth-order valence-electron chi connectivity index (χ4n) is 3.33. The van der Waals surface area contributed by atoms with Gasteiger partial charge in [-0.1, -0.05) is 46.4 Å². The lowest BCUT2D eigenvalue weighted by molar-refractivity contribution is -0.128. The molecule has 4 aromatic rings. The Kier molecular flexibility index (Phi) is 6.56. The summed E-state index contributed by atoms with van der Waals surface area (Å²) in [6.45, 7) is 0.780. The van der Waals surface area contributed by atoms with Gasteiger partial charge in [-0.05, 0) is 35.4 Å². The minimum absolute atomic E-state index is 0.0264. The molecule has 4 rings (SSSR count). The number of hydrogen-bond acceptors (Lipinski definition) is 8. The average molecular weight is 507 g/mol. The summed E-state index contributed by atoms with van der Waals surface area (Å²) < 4.78 is 34.3. The Labute approximate surface area is 198 Å². The first kappa shape index (κ1) is 23.1. The second kappa shape index (κ2) is 9.40. The lowest BCUT2D eigenvalue weighted by Crippen LogP contribution is -2.31. The average Bonchev–Trinajstić information content (AvgIpc) is 3.42. The first-order valence-corrected chi connectivity index (χ1v) is 12.2. The normalized spacial score (nSPS) is 11.5. The van der Waals surface area contributed by atoms with Gasteiger partial charge in [-0.15, -0.1) is 16.4 Å². The van der Waals surface area contributed by atoms with Crippen LogP contribution in [0.15, 0.2) is 58.8 Å². The largest absolute Gasteiger partial charge is 0.496 e. The van der Waals surface area contributed by atoms with Crippen molar-refractivity contribution in [2.75, 3.05) is 11.6 Å². The number of aromatic nitrogens is 2. The number of thiophene rings is 1. The summed E-state index contributed by atoms with van der Waals surface area (Å²) in [5.41, 5.74) is 8.16. The molecule has 0 unspecified atom stereocenters. The van der Waals surface area contributed by atoms with E-state index in [0.29, 0.717) is 34.2 Å². The molecule has 2 aromatic heterocycles. The minimum Gasteiger partial charge on any atom is -0.496 e. The molecule has 0 aliphatic carbocycles. The number of nitrogens with two attached hydrogens (primary N) is 1. The lowest BCUT2D eigenvalue weighted by Gasteiger charge is -2.18. The molecule has 0 radical (unpaired) electrons. The molecule has 12 heteroatoms. The van der Waals surface area contributed by atoms with E-state index >= 15 is 0 Å². The van der Waals surface area contributed by atoms with Crippen LogP contribution >= 0.6 is 22.9 Å². The molecule has 0 aliphatic heterocycles. The van der Waals surface area contributed by atoms with Crippen molar-refractivity contribution in [2.24, 2.45) is 5.73 Å². The van der Waals surface area contributed by atoms with E-state index in [2.05, 4.69) is 5.10 Å². The first-order valence-electron chi connectivity index (χ1n) is 9.61. The van der Waals surface area contributed by atoms with Crippen LogP contribution in [0, 0.1) is 0 Å². The number of rotatable bonds is 9. The van der Waals surface area contributed by atoms with Crippen LogP contribution in [0.5, 0.6) is 5.75 Å². The second-order valence-electron chi connectivity index (χ2n) is 6.85. The molecule has 0 saturated heterocycles. The predicted molar refractivity (Wildman–Crippen MR) is 126 cm³/mol. The highest BCUT2D eigenvalue weighted by Gasteiger charge is 2.34. The Balaban J connectivity index is 1.88. The molecule has 9 nitrogen and oxygen atoms in total. The molecule has 172 valence electrons. The van der Waals surface area contributed by atoms with E-state index in [4.69, 9.17) is 26.9 Å². The van der Waals surface area contributed by atoms with Crippen LogP contribution in [0.3, 0.4) is 0 Å². The Morgan fingerprint density at radius 2 is 1.88 bits per heavy atom. The standard InChI is InChI=1S/C21H19ClN4O5S2/c1-30-17-4-2-3-16-20(17)21(24-25(16)12-15-7-5-14(11-23)6-8-15)26(31-13-27)33(28,29)19-10-9-18(22)32-19/h2-10,13H,11-12,23H2,1H3. The van der Waals surface area contributed by atoms with E-state index in [-0.39, 0.29) is 20.8 Å². The van der Waals surface area contributed by atoms with Crippen LogP contribution in [0.2, 0.25) is 4.34 Å². The number of sulfonamides is 1. The van der Waals surface area contributed by atoms with E-state index in [1.165, 1.54) is 19.2 Å². The van der Waals surface area contributed by atoms with E-state index < -0.39 is 10.0 Å². The van der Waals surface area contributed by atoms with Gasteiger partial charge in [0.1, 0.15) is 9.96 Å². The van der Waals surface area contributed by atoms with Crippen molar-refractivity contribution in [2.45, 2.75) is 17.3 Å². The molecule has 0 bridgehead atoms. The molecule has 0 aliphatic rings. The minimum atomic E-state index is -4.31. The molecule has 2 N–H and O–H groups in total. The highest BCUT2D eigenvalue weighted by Crippen LogP contribution is 2.38. The Hall–Kier alpha value is -3.12. The zero-order valence-electron chi connectivity index (χ0n) is 17.3. The number of ether oxygens (including phenoxy) is 1. The Morgan fingerprint density at radius 1 is 1.15 bits per heavy atom. The third-order valence-electron chi connectivity index (χ3n) is 4.87. The summed E-state index contributed by atoms with van der Waals surface area (Å²) in [6.07, 6.45) is 0. The summed E-state index contributed by atoms with van der Waals surface area (Å²) in [5, 5.41) is 4.87. The topological polar surface area (TPSA) is 117 Å². The van der Waals surface area contributed by atoms with Crippen molar-refractivity contribution in [1.29, 1.82) is 0 Å². The van der Waals surface area contributed by atoms with Gasteiger partial charge < -0.3 is 15.3 Å². The number of halogens is 1. The zero-order chi connectivity index (χ0) is 23.6. The summed E-state index contributed by atoms with van der Waals surface area (Å²) in [6, 6.07) is 15.6. The van der Waals surface area contributed by atoms with Gasteiger partial charge in [-0.3, -0.25) is 9.48 Å². The highest BCUT2D eigenvalue weighted by atomic mass is 35.5. The van der Waals surface area contributed by atoms with Crippen LogP contribution < -0.4 is 14.9 Å². The Morgan fingerprint density at radius 3 is 2.48 bits per heavy atom. The van der Waals surface area contributed by atoms with Crippen molar-refractivity contribution in [3.05, 3.63) is 70.1 Å². The molecule has 0 fully saturated rings. The van der Waals surface area contributed by atoms with E-state index in [1.807, 2.05) is 24.3 Å². The number of nitrogens with zero attached hydrogens (tertiary/aromatic N) is 3. The summed E-state index contributed by atoms with van der Waals surface area (Å²) in [5.74, 6) is 0.254. The maximum Gasteiger partial charge on any atom is 0.322 e. The number of carbonyl (C=O) groups is 1. The number of carbonyl (C=O) groups excluding carboxylic acids is 1. The van der Waals surface area contributed by atoms with Gasteiger partial charge in [0.2, 0.25) is 5.82 Å². The number of fused-ring (bicyclic) bond motifs is 1. The highest BCUT2D eigenvalue weighted by molar-refractivity contribution is 7.94. The first-order chi connectivity index (χ1) is 15.9. The van der Waals surface area contributed by atoms with Gasteiger partial charge in [-0.25, -0.2) is 0 Å². The van der Waals surface area contributed by atoms with Crippen molar-refractivity contribution in [3.63, 3.8) is 0 Å². The number of hydrogen-bond donors (Lipinski definition) is 1. The fraction of sp³-hybridized carbons (Fsp3) is 0.143. The second-order valence-corrected chi connectivity index (χ2v) is 10.5. The van der Waals surface area contributed by atoms with Crippen molar-refractivity contribution < 1.29 is 22.8 Å². The van der Waals surface area contributed by atoms with Gasteiger partial charge in [0.15, 0.2) is 0 Å². The fourth-order valence-corrected chi connectivity index (χ4v) is 6.04. The monoisotopic (exact) mass is 506 g/mol. The van der Waals surface area contributed by atoms with Gasteiger partial charge in [-0.2, -0.15) is 8.42 Å². The van der Waals surface area contributed by atoms with Crippen LogP contribution in [0.25, 0.3) is 10.9 Å². The molecule has 0 amide bonds. The van der Waals surface area contributed by atoms with Crippen molar-refractivity contribution in [1.82, 2.24) is 9.78 Å². The van der Waals surface area contributed by atoms with Crippen LogP contribution in [-0.2, 0) is 32.7 Å². The van der Waals surface area contributed by atoms with E-state index in [1.54, 1.807) is 22.9 Å². The quantitative estimate of drug-likeness (QED) is 0.272. The summed E-state index contributed by atoms with van der Waals surface area (Å²) in [4.78, 5) is 16.2. The maximum absolute atomic E-state index is 13.3. The summed E-state index contributed by atoms with van der Waals surface area (Å²) >= 11 is 6.77. The smallest absolute Gasteiger partial charge is 0.322 e.